The molecule has 0 aliphatic heterocycles. The van der Waals surface area contributed by atoms with Crippen LogP contribution >= 0.6 is 11.8 Å². The largest absolute Gasteiger partial charge is 0.490 e. The molecule has 1 aromatic carbocycles. The van der Waals surface area contributed by atoms with Crippen molar-refractivity contribution in [2.45, 2.75) is 47.1 Å². The fourth-order valence-electron chi connectivity index (χ4n) is 2.42. The lowest BCUT2D eigenvalue weighted by atomic mass is 9.95. The maximum absolute atomic E-state index is 12.2. The Kier molecular flexibility index (Phi) is 9.69. The van der Waals surface area contributed by atoms with Crippen molar-refractivity contribution < 1.29 is 14.3 Å². The van der Waals surface area contributed by atoms with E-state index in [-0.39, 0.29) is 17.9 Å². The van der Waals surface area contributed by atoms with Crippen LogP contribution in [-0.2, 0) is 4.79 Å². The molecular weight excluding hydrogens is 322 g/mol. The molecule has 136 valence electrons. The Labute approximate surface area is 150 Å². The number of carbonyl (C=O) groups excluding carboxylic acids is 1. The van der Waals surface area contributed by atoms with Gasteiger partial charge in [0.05, 0.1) is 25.0 Å². The molecule has 0 aliphatic carbocycles. The van der Waals surface area contributed by atoms with Gasteiger partial charge in [-0.1, -0.05) is 26.8 Å². The summed E-state index contributed by atoms with van der Waals surface area (Å²) in [4.78, 5) is 12.2. The van der Waals surface area contributed by atoms with Crippen LogP contribution in [0.4, 0.5) is 0 Å². The Balaban J connectivity index is 2.91. The first-order valence-electron chi connectivity index (χ1n) is 8.80. The van der Waals surface area contributed by atoms with Crippen LogP contribution in [0.2, 0.25) is 0 Å². The van der Waals surface area contributed by atoms with Gasteiger partial charge in [-0.3, -0.25) is 4.79 Å². The van der Waals surface area contributed by atoms with E-state index in [2.05, 4.69) is 26.1 Å². The summed E-state index contributed by atoms with van der Waals surface area (Å²) in [6, 6.07) is 5.89. The Morgan fingerprint density at radius 1 is 1.12 bits per heavy atom. The first-order chi connectivity index (χ1) is 11.5. The van der Waals surface area contributed by atoms with Gasteiger partial charge in [-0.25, -0.2) is 0 Å². The zero-order valence-electron chi connectivity index (χ0n) is 15.6. The van der Waals surface area contributed by atoms with Gasteiger partial charge in [-0.2, -0.15) is 11.8 Å². The lowest BCUT2D eigenvalue weighted by Crippen LogP contribution is -2.33. The third-order valence-electron chi connectivity index (χ3n) is 3.49. The average molecular weight is 354 g/mol. The van der Waals surface area contributed by atoms with E-state index in [1.54, 1.807) is 11.8 Å². The summed E-state index contributed by atoms with van der Waals surface area (Å²) in [7, 11) is 0. The van der Waals surface area contributed by atoms with Crippen LogP contribution in [0.15, 0.2) is 18.2 Å². The van der Waals surface area contributed by atoms with Crippen molar-refractivity contribution in [3.8, 4) is 11.5 Å². The van der Waals surface area contributed by atoms with Crippen molar-refractivity contribution >= 4 is 17.7 Å². The molecule has 1 N–H and O–H groups in total. The van der Waals surface area contributed by atoms with Crippen LogP contribution < -0.4 is 14.8 Å². The molecule has 24 heavy (non-hydrogen) atoms. The predicted octanol–water partition coefficient (Wildman–Crippen LogP) is 4.44. The maximum atomic E-state index is 12.2. The van der Waals surface area contributed by atoms with Gasteiger partial charge in [-0.15, -0.1) is 0 Å². The van der Waals surface area contributed by atoms with Crippen molar-refractivity contribution in [3.63, 3.8) is 0 Å². The summed E-state index contributed by atoms with van der Waals surface area (Å²) in [5, 5.41) is 3.16. The molecule has 0 saturated carbocycles. The van der Waals surface area contributed by atoms with Crippen molar-refractivity contribution in [3.05, 3.63) is 23.8 Å². The molecule has 0 radical (unpaired) electrons. The van der Waals surface area contributed by atoms with Crippen LogP contribution in [0.1, 0.15) is 52.6 Å². The van der Waals surface area contributed by atoms with E-state index in [0.717, 1.165) is 29.2 Å². The van der Waals surface area contributed by atoms with E-state index in [1.165, 1.54) is 0 Å². The SMILES string of the molecule is CCCSCC(=O)NC(c1ccc(OCC)c(OCC)c1)C(C)C. The fraction of sp³-hybridized carbons (Fsp3) is 0.632. The van der Waals surface area contributed by atoms with Crippen LogP contribution in [0.25, 0.3) is 0 Å². The number of carbonyl (C=O) groups is 1. The second-order valence-corrected chi connectivity index (χ2v) is 7.02. The number of benzene rings is 1. The minimum Gasteiger partial charge on any atom is -0.490 e. The third kappa shape index (κ3) is 6.63. The monoisotopic (exact) mass is 353 g/mol. The lowest BCUT2D eigenvalue weighted by molar-refractivity contribution is -0.119. The van der Waals surface area contributed by atoms with Gasteiger partial charge in [-0.05, 0) is 49.6 Å². The zero-order valence-corrected chi connectivity index (χ0v) is 16.4. The first kappa shape index (κ1) is 20.7. The molecular formula is C19H31NO3S. The Bertz CT molecular complexity index is 505. The Morgan fingerprint density at radius 3 is 2.38 bits per heavy atom. The topological polar surface area (TPSA) is 47.6 Å². The number of thioether (sulfide) groups is 1. The van der Waals surface area contributed by atoms with E-state index >= 15 is 0 Å². The van der Waals surface area contributed by atoms with Gasteiger partial charge in [0, 0.05) is 0 Å². The molecule has 0 aliphatic rings. The van der Waals surface area contributed by atoms with E-state index in [4.69, 9.17) is 9.47 Å². The molecule has 1 atom stereocenters. The molecule has 1 amide bonds. The van der Waals surface area contributed by atoms with Crippen molar-refractivity contribution in [1.82, 2.24) is 5.32 Å². The van der Waals surface area contributed by atoms with Gasteiger partial charge >= 0.3 is 0 Å². The predicted molar refractivity (Wildman–Crippen MR) is 102 cm³/mol. The molecule has 4 nitrogen and oxygen atoms in total. The third-order valence-corrected chi connectivity index (χ3v) is 4.65. The second kappa shape index (κ2) is 11.2. The molecule has 1 aromatic rings. The Hall–Kier alpha value is -1.36. The van der Waals surface area contributed by atoms with Gasteiger partial charge in [0.25, 0.3) is 0 Å². The van der Waals surface area contributed by atoms with Crippen LogP contribution in [-0.4, -0.2) is 30.6 Å². The van der Waals surface area contributed by atoms with Gasteiger partial charge in [0.15, 0.2) is 11.5 Å². The number of hydrogen-bond acceptors (Lipinski definition) is 4. The highest BCUT2D eigenvalue weighted by atomic mass is 32.2. The summed E-state index contributed by atoms with van der Waals surface area (Å²) in [6.45, 7) is 11.4. The molecule has 0 saturated heterocycles. The molecule has 0 spiro atoms. The second-order valence-electron chi connectivity index (χ2n) is 5.91. The molecule has 0 fully saturated rings. The number of ether oxygens (including phenoxy) is 2. The zero-order chi connectivity index (χ0) is 17.9. The molecule has 0 aromatic heterocycles. The standard InChI is InChI=1S/C19H31NO3S/c1-6-11-24-13-18(21)20-19(14(4)5)15-9-10-16(22-7-2)17(12-15)23-8-3/h9-10,12,14,19H,6-8,11,13H2,1-5H3,(H,20,21). The van der Waals surface area contributed by atoms with E-state index in [9.17, 15) is 4.79 Å². The first-order valence-corrected chi connectivity index (χ1v) is 9.95. The number of nitrogens with one attached hydrogen (secondary N) is 1. The summed E-state index contributed by atoms with van der Waals surface area (Å²) < 4.78 is 11.3. The fourth-order valence-corrected chi connectivity index (χ4v) is 3.12. The highest BCUT2D eigenvalue weighted by Gasteiger charge is 2.20. The minimum absolute atomic E-state index is 0.0328. The number of hydrogen-bond donors (Lipinski definition) is 1. The minimum atomic E-state index is -0.0328. The van der Waals surface area contributed by atoms with Crippen molar-refractivity contribution in [2.75, 3.05) is 24.7 Å². The summed E-state index contributed by atoms with van der Waals surface area (Å²) in [6.07, 6.45) is 1.09. The molecule has 0 heterocycles. The van der Waals surface area contributed by atoms with E-state index in [0.29, 0.717) is 19.0 Å². The van der Waals surface area contributed by atoms with Crippen LogP contribution in [0.3, 0.4) is 0 Å². The highest BCUT2D eigenvalue weighted by molar-refractivity contribution is 7.99. The van der Waals surface area contributed by atoms with Gasteiger partial charge in [0.1, 0.15) is 0 Å². The summed E-state index contributed by atoms with van der Waals surface area (Å²) >= 11 is 1.67. The molecule has 1 unspecified atom stereocenters. The number of rotatable bonds is 11. The normalized spacial score (nSPS) is 12.1. The molecule has 0 bridgehead atoms. The average Bonchev–Trinajstić information content (AvgIpc) is 2.55. The summed E-state index contributed by atoms with van der Waals surface area (Å²) in [5.74, 6) is 3.37. The van der Waals surface area contributed by atoms with E-state index in [1.807, 2.05) is 32.0 Å². The molecule has 5 heteroatoms. The van der Waals surface area contributed by atoms with Gasteiger partial charge in [0.2, 0.25) is 5.91 Å². The van der Waals surface area contributed by atoms with Crippen molar-refractivity contribution in [1.29, 1.82) is 0 Å². The van der Waals surface area contributed by atoms with Crippen LogP contribution in [0.5, 0.6) is 11.5 Å². The number of amides is 1. The summed E-state index contributed by atoms with van der Waals surface area (Å²) in [5.41, 5.74) is 1.05. The van der Waals surface area contributed by atoms with Crippen LogP contribution in [0, 0.1) is 5.92 Å². The van der Waals surface area contributed by atoms with Crippen molar-refractivity contribution in [2.24, 2.45) is 5.92 Å². The van der Waals surface area contributed by atoms with Gasteiger partial charge < -0.3 is 14.8 Å². The highest BCUT2D eigenvalue weighted by Crippen LogP contribution is 2.33. The van der Waals surface area contributed by atoms with E-state index < -0.39 is 0 Å². The quantitative estimate of drug-likeness (QED) is 0.598. The smallest absolute Gasteiger partial charge is 0.230 e. The molecule has 1 rings (SSSR count). The lowest BCUT2D eigenvalue weighted by Gasteiger charge is -2.24. The maximum Gasteiger partial charge on any atom is 0.230 e. The Morgan fingerprint density at radius 2 is 1.79 bits per heavy atom.